The maximum Gasteiger partial charge on any atom is 0.336 e. The SMILES string of the molecule is O=C(O)c1cc(-c2ccncc2)nc2cc3ccccc3cc12. The van der Waals surface area contributed by atoms with Gasteiger partial charge < -0.3 is 5.11 Å². The Hall–Kier alpha value is -3.27. The van der Waals surface area contributed by atoms with Gasteiger partial charge in [0.25, 0.3) is 0 Å². The highest BCUT2D eigenvalue weighted by Crippen LogP contribution is 2.28. The maximum absolute atomic E-state index is 11.7. The highest BCUT2D eigenvalue weighted by Gasteiger charge is 2.13. The Morgan fingerprint density at radius 3 is 2.30 bits per heavy atom. The van der Waals surface area contributed by atoms with Gasteiger partial charge in [0.1, 0.15) is 0 Å². The third-order valence-electron chi connectivity index (χ3n) is 3.88. The molecule has 23 heavy (non-hydrogen) atoms. The van der Waals surface area contributed by atoms with Crippen LogP contribution in [0.1, 0.15) is 10.4 Å². The molecule has 1 N–H and O–H groups in total. The summed E-state index contributed by atoms with van der Waals surface area (Å²) in [5.74, 6) is -0.956. The fourth-order valence-electron chi connectivity index (χ4n) is 2.76. The molecule has 0 amide bonds. The molecular weight excluding hydrogens is 288 g/mol. The lowest BCUT2D eigenvalue weighted by Crippen LogP contribution is -2.00. The van der Waals surface area contributed by atoms with E-state index in [1.165, 1.54) is 0 Å². The van der Waals surface area contributed by atoms with Crippen LogP contribution in [-0.4, -0.2) is 21.0 Å². The number of fused-ring (bicyclic) bond motifs is 2. The highest BCUT2D eigenvalue weighted by molar-refractivity contribution is 6.08. The largest absolute Gasteiger partial charge is 0.478 e. The minimum Gasteiger partial charge on any atom is -0.478 e. The van der Waals surface area contributed by atoms with Gasteiger partial charge in [-0.05, 0) is 41.1 Å². The second kappa shape index (κ2) is 5.18. The van der Waals surface area contributed by atoms with Crippen LogP contribution < -0.4 is 0 Å². The van der Waals surface area contributed by atoms with Crippen molar-refractivity contribution >= 4 is 27.6 Å². The summed E-state index contributed by atoms with van der Waals surface area (Å²) in [4.78, 5) is 20.3. The van der Waals surface area contributed by atoms with Gasteiger partial charge in [-0.1, -0.05) is 24.3 Å². The van der Waals surface area contributed by atoms with Crippen molar-refractivity contribution in [3.8, 4) is 11.3 Å². The molecular formula is C19H12N2O2. The van der Waals surface area contributed by atoms with E-state index >= 15 is 0 Å². The minimum atomic E-state index is -0.956. The van der Waals surface area contributed by atoms with Crippen LogP contribution in [0.25, 0.3) is 32.9 Å². The zero-order chi connectivity index (χ0) is 15.8. The molecule has 4 heteroatoms. The Bertz CT molecular complexity index is 1040. The van der Waals surface area contributed by atoms with E-state index in [4.69, 9.17) is 0 Å². The molecule has 2 aromatic heterocycles. The number of aromatic nitrogens is 2. The van der Waals surface area contributed by atoms with E-state index in [0.29, 0.717) is 16.6 Å². The molecule has 0 aliphatic carbocycles. The zero-order valence-electron chi connectivity index (χ0n) is 12.1. The van der Waals surface area contributed by atoms with Crippen LogP contribution in [0.3, 0.4) is 0 Å². The Morgan fingerprint density at radius 2 is 1.61 bits per heavy atom. The predicted octanol–water partition coefficient (Wildman–Crippen LogP) is 4.15. The summed E-state index contributed by atoms with van der Waals surface area (Å²) in [6, 6.07) is 16.9. The average Bonchev–Trinajstić information content (AvgIpc) is 2.59. The fourth-order valence-corrected chi connectivity index (χ4v) is 2.76. The summed E-state index contributed by atoms with van der Waals surface area (Å²) in [5, 5.41) is 12.3. The van der Waals surface area contributed by atoms with Gasteiger partial charge in [0.15, 0.2) is 0 Å². The molecule has 0 unspecified atom stereocenters. The Morgan fingerprint density at radius 1 is 0.913 bits per heavy atom. The molecule has 2 heterocycles. The van der Waals surface area contributed by atoms with Gasteiger partial charge in [-0.25, -0.2) is 9.78 Å². The maximum atomic E-state index is 11.7. The van der Waals surface area contributed by atoms with Crippen molar-refractivity contribution in [1.82, 2.24) is 9.97 Å². The molecule has 0 saturated carbocycles. The Labute approximate surface area is 132 Å². The molecule has 110 valence electrons. The lowest BCUT2D eigenvalue weighted by Gasteiger charge is -2.08. The van der Waals surface area contributed by atoms with Gasteiger partial charge >= 0.3 is 5.97 Å². The molecule has 0 aliphatic rings. The van der Waals surface area contributed by atoms with Gasteiger partial charge in [-0.2, -0.15) is 0 Å². The number of carboxylic acids is 1. The first-order valence-electron chi connectivity index (χ1n) is 7.19. The van der Waals surface area contributed by atoms with E-state index in [2.05, 4.69) is 9.97 Å². The van der Waals surface area contributed by atoms with Crippen LogP contribution in [0.15, 0.2) is 67.0 Å². The summed E-state index contributed by atoms with van der Waals surface area (Å²) >= 11 is 0. The van der Waals surface area contributed by atoms with Crippen molar-refractivity contribution in [3.05, 3.63) is 72.6 Å². The second-order valence-electron chi connectivity index (χ2n) is 5.31. The number of hydrogen-bond donors (Lipinski definition) is 1. The van der Waals surface area contributed by atoms with Crippen LogP contribution in [-0.2, 0) is 0 Å². The molecule has 0 fully saturated rings. The minimum absolute atomic E-state index is 0.257. The van der Waals surface area contributed by atoms with Crippen LogP contribution in [0.5, 0.6) is 0 Å². The second-order valence-corrected chi connectivity index (χ2v) is 5.31. The van der Waals surface area contributed by atoms with Crippen LogP contribution in [0, 0.1) is 0 Å². The number of carbonyl (C=O) groups is 1. The van der Waals surface area contributed by atoms with Crippen molar-refractivity contribution in [3.63, 3.8) is 0 Å². The summed E-state index contributed by atoms with van der Waals surface area (Å²) < 4.78 is 0. The average molecular weight is 300 g/mol. The third-order valence-corrected chi connectivity index (χ3v) is 3.88. The number of nitrogens with zero attached hydrogens (tertiary/aromatic N) is 2. The number of benzene rings is 2. The first-order chi connectivity index (χ1) is 11.2. The van der Waals surface area contributed by atoms with E-state index in [0.717, 1.165) is 16.3 Å². The molecule has 0 atom stereocenters. The highest BCUT2D eigenvalue weighted by atomic mass is 16.4. The summed E-state index contributed by atoms with van der Waals surface area (Å²) in [6.07, 6.45) is 3.34. The molecule has 4 nitrogen and oxygen atoms in total. The summed E-state index contributed by atoms with van der Waals surface area (Å²) in [7, 11) is 0. The first-order valence-corrected chi connectivity index (χ1v) is 7.19. The summed E-state index contributed by atoms with van der Waals surface area (Å²) in [6.45, 7) is 0. The van der Waals surface area contributed by atoms with Crippen molar-refractivity contribution in [2.45, 2.75) is 0 Å². The number of pyridine rings is 2. The molecule has 0 bridgehead atoms. The van der Waals surface area contributed by atoms with Gasteiger partial charge in [0.2, 0.25) is 0 Å². The number of rotatable bonds is 2. The number of carboxylic acid groups (broad SMARTS) is 1. The van der Waals surface area contributed by atoms with Crippen LogP contribution in [0.4, 0.5) is 0 Å². The van der Waals surface area contributed by atoms with Crippen LogP contribution >= 0.6 is 0 Å². The van der Waals surface area contributed by atoms with Crippen LogP contribution in [0.2, 0.25) is 0 Å². The van der Waals surface area contributed by atoms with Gasteiger partial charge in [-0.15, -0.1) is 0 Å². The predicted molar refractivity (Wildman–Crippen MR) is 89.4 cm³/mol. The van der Waals surface area contributed by atoms with Crippen molar-refractivity contribution in [1.29, 1.82) is 0 Å². The molecule has 0 spiro atoms. The summed E-state index contributed by atoms with van der Waals surface area (Å²) in [5.41, 5.74) is 2.41. The topological polar surface area (TPSA) is 63.1 Å². The standard InChI is InChI=1S/C19H12N2O2/c22-19(23)16-11-17(12-5-7-20-8-6-12)21-18-10-14-4-2-1-3-13(14)9-15(16)18/h1-11H,(H,22,23). The zero-order valence-corrected chi connectivity index (χ0v) is 12.1. The number of hydrogen-bond acceptors (Lipinski definition) is 3. The van der Waals surface area contributed by atoms with Gasteiger partial charge in [-0.3, -0.25) is 4.98 Å². The fraction of sp³-hybridized carbons (Fsp3) is 0. The van der Waals surface area contributed by atoms with E-state index in [-0.39, 0.29) is 5.56 Å². The first kappa shape index (κ1) is 13.4. The number of aromatic carboxylic acids is 1. The van der Waals surface area contributed by atoms with Crippen molar-refractivity contribution < 1.29 is 9.90 Å². The molecule has 2 aromatic carbocycles. The van der Waals surface area contributed by atoms with Crippen molar-refractivity contribution in [2.75, 3.05) is 0 Å². The van der Waals surface area contributed by atoms with E-state index in [1.54, 1.807) is 18.5 Å². The Balaban J connectivity index is 2.08. The van der Waals surface area contributed by atoms with Gasteiger partial charge in [0, 0.05) is 23.3 Å². The normalized spacial score (nSPS) is 11.0. The van der Waals surface area contributed by atoms with Crippen molar-refractivity contribution in [2.24, 2.45) is 0 Å². The van der Waals surface area contributed by atoms with E-state index < -0.39 is 5.97 Å². The quantitative estimate of drug-likeness (QED) is 0.565. The lowest BCUT2D eigenvalue weighted by atomic mass is 10.0. The lowest BCUT2D eigenvalue weighted by molar-refractivity contribution is 0.0699. The monoisotopic (exact) mass is 300 g/mol. The molecule has 0 aliphatic heterocycles. The van der Waals surface area contributed by atoms with E-state index in [9.17, 15) is 9.90 Å². The molecule has 0 saturated heterocycles. The van der Waals surface area contributed by atoms with E-state index in [1.807, 2.05) is 48.5 Å². The van der Waals surface area contributed by atoms with Gasteiger partial charge in [0.05, 0.1) is 16.8 Å². The Kier molecular flexibility index (Phi) is 3.01. The smallest absolute Gasteiger partial charge is 0.336 e. The molecule has 4 rings (SSSR count). The molecule has 4 aromatic rings. The third kappa shape index (κ3) is 2.30. The molecule has 0 radical (unpaired) electrons.